The van der Waals surface area contributed by atoms with Crippen molar-refractivity contribution >= 4 is 46.4 Å². The Hall–Kier alpha value is -0.510. The maximum atomic E-state index is 6.25. The van der Waals surface area contributed by atoms with Crippen LogP contribution in [0.4, 0.5) is 0 Å². The first-order valence-corrected chi connectivity index (χ1v) is 7.53. The molecule has 0 aliphatic heterocycles. The lowest BCUT2D eigenvalue weighted by molar-refractivity contribution is 0.724. The van der Waals surface area contributed by atoms with E-state index in [0.29, 0.717) is 25.7 Å². The van der Waals surface area contributed by atoms with Crippen LogP contribution < -0.4 is 5.32 Å². The molecule has 2 nitrogen and oxygen atoms in total. The van der Waals surface area contributed by atoms with E-state index in [0.717, 1.165) is 24.2 Å². The summed E-state index contributed by atoms with van der Waals surface area (Å²) in [7, 11) is 0. The van der Waals surface area contributed by atoms with E-state index in [1.165, 1.54) is 0 Å². The minimum Gasteiger partial charge on any atom is -0.313 e. The van der Waals surface area contributed by atoms with Gasteiger partial charge in [0.05, 0.1) is 20.1 Å². The quantitative estimate of drug-likeness (QED) is 0.584. The molecule has 0 saturated carbocycles. The highest BCUT2D eigenvalue weighted by molar-refractivity contribution is 6.51. The van der Waals surface area contributed by atoms with Crippen LogP contribution in [0.15, 0.2) is 24.5 Å². The van der Waals surface area contributed by atoms with E-state index in [4.69, 9.17) is 46.4 Å². The van der Waals surface area contributed by atoms with Crippen molar-refractivity contribution in [1.82, 2.24) is 10.3 Å². The Labute approximate surface area is 138 Å². The molecule has 0 aliphatic rings. The first-order chi connectivity index (χ1) is 9.54. The van der Waals surface area contributed by atoms with Gasteiger partial charge in [-0.3, -0.25) is 4.98 Å². The molecule has 0 atom stereocenters. The lowest BCUT2D eigenvalue weighted by Crippen LogP contribution is -2.11. The zero-order valence-corrected chi connectivity index (χ0v) is 13.7. The van der Waals surface area contributed by atoms with Crippen molar-refractivity contribution in [1.29, 1.82) is 0 Å². The summed E-state index contributed by atoms with van der Waals surface area (Å²) in [6, 6.07) is 3.57. The van der Waals surface area contributed by atoms with Gasteiger partial charge in [-0.25, -0.2) is 0 Å². The SMILES string of the molecule is CCNCc1cncc(-c2c(Cl)cc(Cl)c(Cl)c2Cl)c1. The normalized spacial score (nSPS) is 10.8. The topological polar surface area (TPSA) is 24.9 Å². The van der Waals surface area contributed by atoms with Crippen LogP contribution in [0.1, 0.15) is 12.5 Å². The predicted molar refractivity (Wildman–Crippen MR) is 87.1 cm³/mol. The van der Waals surface area contributed by atoms with Crippen LogP contribution >= 0.6 is 46.4 Å². The number of halogens is 4. The van der Waals surface area contributed by atoms with Crippen molar-refractivity contribution < 1.29 is 0 Å². The molecule has 2 rings (SSSR count). The van der Waals surface area contributed by atoms with Crippen LogP contribution in [0.25, 0.3) is 11.1 Å². The fourth-order valence-corrected chi connectivity index (χ4v) is 2.95. The van der Waals surface area contributed by atoms with Crippen LogP contribution in [0.2, 0.25) is 20.1 Å². The molecule has 0 saturated heterocycles. The summed E-state index contributed by atoms with van der Waals surface area (Å²) in [6.07, 6.45) is 3.50. The molecule has 20 heavy (non-hydrogen) atoms. The first kappa shape index (κ1) is 15.9. The molecule has 1 aromatic heterocycles. The third-order valence-electron chi connectivity index (χ3n) is 2.78. The van der Waals surface area contributed by atoms with Gasteiger partial charge in [-0.15, -0.1) is 0 Å². The summed E-state index contributed by atoms with van der Waals surface area (Å²) in [5.74, 6) is 0. The summed E-state index contributed by atoms with van der Waals surface area (Å²) in [4.78, 5) is 4.21. The largest absolute Gasteiger partial charge is 0.313 e. The van der Waals surface area contributed by atoms with E-state index >= 15 is 0 Å². The second-order valence-electron chi connectivity index (χ2n) is 4.21. The molecule has 1 aromatic carbocycles. The maximum Gasteiger partial charge on any atom is 0.0785 e. The zero-order chi connectivity index (χ0) is 14.7. The van der Waals surface area contributed by atoms with Gasteiger partial charge in [-0.05, 0) is 24.2 Å². The van der Waals surface area contributed by atoms with Gasteiger partial charge in [0, 0.05) is 30.1 Å². The third-order valence-corrected chi connectivity index (χ3v) is 4.34. The average molecular weight is 350 g/mol. The van der Waals surface area contributed by atoms with Crippen molar-refractivity contribution in [3.05, 3.63) is 50.2 Å². The molecule has 2 aromatic rings. The molecule has 1 heterocycles. The number of pyridine rings is 1. The van der Waals surface area contributed by atoms with Gasteiger partial charge in [0.2, 0.25) is 0 Å². The van der Waals surface area contributed by atoms with Gasteiger partial charge in [0.25, 0.3) is 0 Å². The molecule has 0 aliphatic carbocycles. The predicted octanol–water partition coefficient (Wildman–Crippen LogP) is 5.47. The van der Waals surface area contributed by atoms with Crippen LogP contribution in [-0.4, -0.2) is 11.5 Å². The standard InChI is InChI=1S/C14H12Cl4N2/c1-2-19-5-8-3-9(7-20-6-8)12-10(15)4-11(16)13(17)14(12)18/h3-4,6-7,19H,2,5H2,1H3. The van der Waals surface area contributed by atoms with E-state index in [1.807, 2.05) is 13.0 Å². The van der Waals surface area contributed by atoms with Gasteiger partial charge < -0.3 is 5.32 Å². The van der Waals surface area contributed by atoms with Gasteiger partial charge in [0.1, 0.15) is 0 Å². The number of aromatic nitrogens is 1. The van der Waals surface area contributed by atoms with Crippen LogP contribution in [-0.2, 0) is 6.54 Å². The Kier molecular flexibility index (Phi) is 5.53. The van der Waals surface area contributed by atoms with Crippen LogP contribution in [0.3, 0.4) is 0 Å². The monoisotopic (exact) mass is 348 g/mol. The Morgan fingerprint density at radius 1 is 1.00 bits per heavy atom. The second-order valence-corrected chi connectivity index (χ2v) is 5.78. The Bertz CT molecular complexity index is 629. The molecular formula is C14H12Cl4N2. The summed E-state index contributed by atoms with van der Waals surface area (Å²) >= 11 is 24.5. The minimum absolute atomic E-state index is 0.296. The molecule has 0 unspecified atom stereocenters. The highest BCUT2D eigenvalue weighted by Gasteiger charge is 2.15. The fraction of sp³-hybridized carbons (Fsp3) is 0.214. The maximum absolute atomic E-state index is 6.25. The second kappa shape index (κ2) is 6.97. The first-order valence-electron chi connectivity index (χ1n) is 6.02. The Balaban J connectivity index is 2.49. The van der Waals surface area contributed by atoms with E-state index in [2.05, 4.69) is 10.3 Å². The molecular weight excluding hydrogens is 338 g/mol. The smallest absolute Gasteiger partial charge is 0.0785 e. The number of benzene rings is 1. The number of nitrogens with zero attached hydrogens (tertiary/aromatic N) is 1. The van der Waals surface area contributed by atoms with Crippen molar-refractivity contribution in [3.63, 3.8) is 0 Å². The Morgan fingerprint density at radius 2 is 1.75 bits per heavy atom. The zero-order valence-electron chi connectivity index (χ0n) is 10.7. The van der Waals surface area contributed by atoms with E-state index in [1.54, 1.807) is 18.5 Å². The van der Waals surface area contributed by atoms with Crippen molar-refractivity contribution in [2.75, 3.05) is 6.54 Å². The average Bonchev–Trinajstić information content (AvgIpc) is 2.43. The van der Waals surface area contributed by atoms with Gasteiger partial charge in [0.15, 0.2) is 0 Å². The lowest BCUT2D eigenvalue weighted by atomic mass is 10.1. The van der Waals surface area contributed by atoms with Gasteiger partial charge in [-0.1, -0.05) is 53.3 Å². The number of hydrogen-bond acceptors (Lipinski definition) is 2. The molecule has 0 spiro atoms. The fourth-order valence-electron chi connectivity index (χ4n) is 1.82. The Morgan fingerprint density at radius 3 is 2.45 bits per heavy atom. The number of nitrogens with one attached hydrogen (secondary N) is 1. The third kappa shape index (κ3) is 3.38. The highest BCUT2D eigenvalue weighted by Crippen LogP contribution is 2.42. The van der Waals surface area contributed by atoms with Crippen molar-refractivity contribution in [2.24, 2.45) is 0 Å². The van der Waals surface area contributed by atoms with Gasteiger partial charge in [-0.2, -0.15) is 0 Å². The minimum atomic E-state index is 0.296. The molecule has 106 valence electrons. The molecule has 0 radical (unpaired) electrons. The van der Waals surface area contributed by atoms with Crippen molar-refractivity contribution in [2.45, 2.75) is 13.5 Å². The summed E-state index contributed by atoms with van der Waals surface area (Å²) < 4.78 is 0. The summed E-state index contributed by atoms with van der Waals surface area (Å²) in [5, 5.41) is 4.66. The highest BCUT2D eigenvalue weighted by atomic mass is 35.5. The molecule has 6 heteroatoms. The van der Waals surface area contributed by atoms with Crippen molar-refractivity contribution in [3.8, 4) is 11.1 Å². The van der Waals surface area contributed by atoms with E-state index in [9.17, 15) is 0 Å². The van der Waals surface area contributed by atoms with Crippen LogP contribution in [0, 0.1) is 0 Å². The molecule has 0 bridgehead atoms. The number of hydrogen-bond donors (Lipinski definition) is 1. The lowest BCUT2D eigenvalue weighted by Gasteiger charge is -2.11. The van der Waals surface area contributed by atoms with E-state index < -0.39 is 0 Å². The summed E-state index contributed by atoms with van der Waals surface area (Å²) in [6.45, 7) is 3.66. The van der Waals surface area contributed by atoms with Crippen LogP contribution in [0.5, 0.6) is 0 Å². The number of rotatable bonds is 4. The van der Waals surface area contributed by atoms with Gasteiger partial charge >= 0.3 is 0 Å². The van der Waals surface area contributed by atoms with E-state index in [-0.39, 0.29) is 0 Å². The molecule has 1 N–H and O–H groups in total. The molecule has 0 fully saturated rings. The summed E-state index contributed by atoms with van der Waals surface area (Å²) in [5.41, 5.74) is 2.50. The molecule has 0 amide bonds.